The molecule has 1 aromatic rings. The lowest BCUT2D eigenvalue weighted by Gasteiger charge is -2.12. The summed E-state index contributed by atoms with van der Waals surface area (Å²) in [6.07, 6.45) is 0. The normalized spacial score (nSPS) is 9.94. The maximum Gasteiger partial charge on any atom is 0.341 e. The largest absolute Gasteiger partial charge is 0.495 e. The van der Waals surface area contributed by atoms with Gasteiger partial charge in [0, 0.05) is 5.56 Å². The van der Waals surface area contributed by atoms with Crippen molar-refractivity contribution in [3.8, 4) is 5.75 Å². The number of benzene rings is 1. The standard InChI is InChI=1S/C13H16O5/c1-9(14)7-18-8-10-5-4-6-11(12(10)16-2)13(15)17-3/h4-6H,7-8H2,1-3H3. The minimum atomic E-state index is -0.472. The third-order valence-electron chi connectivity index (χ3n) is 2.27. The highest BCUT2D eigenvalue weighted by atomic mass is 16.5. The molecule has 5 heteroatoms. The first-order valence-corrected chi connectivity index (χ1v) is 5.41. The molecule has 0 bridgehead atoms. The molecule has 5 nitrogen and oxygen atoms in total. The molecule has 98 valence electrons. The van der Waals surface area contributed by atoms with Gasteiger partial charge in [-0.3, -0.25) is 4.79 Å². The number of hydrogen-bond donors (Lipinski definition) is 0. The van der Waals surface area contributed by atoms with Crippen molar-refractivity contribution < 1.29 is 23.8 Å². The molecule has 0 aliphatic heterocycles. The Morgan fingerprint density at radius 3 is 2.50 bits per heavy atom. The van der Waals surface area contributed by atoms with Gasteiger partial charge in [-0.05, 0) is 13.0 Å². The topological polar surface area (TPSA) is 61.8 Å². The minimum Gasteiger partial charge on any atom is -0.495 e. The van der Waals surface area contributed by atoms with Crippen LogP contribution in [-0.2, 0) is 20.9 Å². The van der Waals surface area contributed by atoms with Crippen LogP contribution in [0.5, 0.6) is 5.75 Å². The molecule has 0 aliphatic rings. The van der Waals surface area contributed by atoms with Gasteiger partial charge in [-0.15, -0.1) is 0 Å². The third kappa shape index (κ3) is 3.56. The average Bonchev–Trinajstić information content (AvgIpc) is 2.37. The fraction of sp³-hybridized carbons (Fsp3) is 0.385. The molecule has 0 unspecified atom stereocenters. The fourth-order valence-electron chi connectivity index (χ4n) is 1.51. The number of rotatable bonds is 6. The van der Waals surface area contributed by atoms with Gasteiger partial charge < -0.3 is 14.2 Å². The molecule has 1 aromatic carbocycles. The van der Waals surface area contributed by atoms with Crippen LogP contribution in [-0.4, -0.2) is 32.6 Å². The molecular weight excluding hydrogens is 236 g/mol. The maximum atomic E-state index is 11.5. The Kier molecular flexibility index (Phi) is 5.32. The molecule has 0 spiro atoms. The lowest BCUT2D eigenvalue weighted by Crippen LogP contribution is -2.08. The van der Waals surface area contributed by atoms with Crippen molar-refractivity contribution in [2.24, 2.45) is 0 Å². The lowest BCUT2D eigenvalue weighted by molar-refractivity contribution is -0.121. The summed E-state index contributed by atoms with van der Waals surface area (Å²) in [5, 5.41) is 0. The van der Waals surface area contributed by atoms with Gasteiger partial charge in [0.05, 0.1) is 20.8 Å². The Bertz CT molecular complexity index is 439. The molecule has 0 saturated heterocycles. The quantitative estimate of drug-likeness (QED) is 0.719. The van der Waals surface area contributed by atoms with E-state index in [2.05, 4.69) is 4.74 Å². The Balaban J connectivity index is 2.90. The van der Waals surface area contributed by atoms with Crippen LogP contribution in [0, 0.1) is 0 Å². The van der Waals surface area contributed by atoms with Crippen LogP contribution in [0.3, 0.4) is 0 Å². The van der Waals surface area contributed by atoms with Gasteiger partial charge in [-0.1, -0.05) is 12.1 Å². The van der Waals surface area contributed by atoms with Gasteiger partial charge in [0.25, 0.3) is 0 Å². The van der Waals surface area contributed by atoms with Crippen molar-refractivity contribution in [3.63, 3.8) is 0 Å². The number of hydrogen-bond acceptors (Lipinski definition) is 5. The van der Waals surface area contributed by atoms with Crippen LogP contribution < -0.4 is 4.74 Å². The summed E-state index contributed by atoms with van der Waals surface area (Å²) < 4.78 is 15.1. The van der Waals surface area contributed by atoms with Gasteiger partial charge in [-0.2, -0.15) is 0 Å². The number of carbonyl (C=O) groups is 2. The Labute approximate surface area is 106 Å². The van der Waals surface area contributed by atoms with E-state index in [1.54, 1.807) is 18.2 Å². The Morgan fingerprint density at radius 1 is 1.22 bits per heavy atom. The maximum absolute atomic E-state index is 11.5. The smallest absolute Gasteiger partial charge is 0.341 e. The van der Waals surface area contributed by atoms with E-state index in [4.69, 9.17) is 9.47 Å². The summed E-state index contributed by atoms with van der Waals surface area (Å²) in [6.45, 7) is 1.68. The number of esters is 1. The average molecular weight is 252 g/mol. The second-order valence-corrected chi connectivity index (χ2v) is 3.68. The molecule has 0 saturated carbocycles. The highest BCUT2D eigenvalue weighted by molar-refractivity contribution is 5.92. The zero-order valence-electron chi connectivity index (χ0n) is 10.7. The van der Waals surface area contributed by atoms with Crippen molar-refractivity contribution >= 4 is 11.8 Å². The molecule has 0 heterocycles. The van der Waals surface area contributed by atoms with E-state index < -0.39 is 5.97 Å². The van der Waals surface area contributed by atoms with Gasteiger partial charge >= 0.3 is 5.97 Å². The van der Waals surface area contributed by atoms with Gasteiger partial charge in [0.1, 0.15) is 17.9 Å². The minimum absolute atomic E-state index is 0.0333. The molecule has 1 rings (SSSR count). The predicted molar refractivity (Wildman–Crippen MR) is 64.7 cm³/mol. The van der Waals surface area contributed by atoms with E-state index >= 15 is 0 Å². The van der Waals surface area contributed by atoms with Crippen LogP contribution >= 0.6 is 0 Å². The number of Topliss-reactive ketones (excluding diaryl/α,β-unsaturated/α-hetero) is 1. The highest BCUT2D eigenvalue weighted by Gasteiger charge is 2.16. The molecule has 18 heavy (non-hydrogen) atoms. The second kappa shape index (κ2) is 6.76. The Morgan fingerprint density at radius 2 is 1.94 bits per heavy atom. The first kappa shape index (κ1) is 14.2. The third-order valence-corrected chi connectivity index (χ3v) is 2.27. The van der Waals surface area contributed by atoms with Gasteiger partial charge in [0.2, 0.25) is 0 Å². The van der Waals surface area contributed by atoms with Gasteiger partial charge in [-0.25, -0.2) is 4.79 Å². The molecule has 0 aromatic heterocycles. The monoisotopic (exact) mass is 252 g/mol. The van der Waals surface area contributed by atoms with Gasteiger partial charge in [0.15, 0.2) is 5.78 Å². The molecular formula is C13H16O5. The van der Waals surface area contributed by atoms with E-state index in [1.807, 2.05) is 0 Å². The van der Waals surface area contributed by atoms with Crippen LogP contribution in [0.2, 0.25) is 0 Å². The summed E-state index contributed by atoms with van der Waals surface area (Å²) in [4.78, 5) is 22.3. The number of para-hydroxylation sites is 1. The Hall–Kier alpha value is -1.88. The molecule has 0 atom stereocenters. The summed E-state index contributed by atoms with van der Waals surface area (Å²) in [6, 6.07) is 5.09. The van der Waals surface area contributed by atoms with E-state index in [9.17, 15) is 9.59 Å². The number of methoxy groups -OCH3 is 2. The van der Waals surface area contributed by atoms with Crippen molar-refractivity contribution in [1.29, 1.82) is 0 Å². The fourth-order valence-corrected chi connectivity index (χ4v) is 1.51. The summed E-state index contributed by atoms with van der Waals surface area (Å²) in [5.74, 6) is -0.119. The molecule has 0 N–H and O–H groups in total. The van der Waals surface area contributed by atoms with Crippen molar-refractivity contribution in [2.75, 3.05) is 20.8 Å². The van der Waals surface area contributed by atoms with E-state index in [-0.39, 0.29) is 19.0 Å². The van der Waals surface area contributed by atoms with Crippen LogP contribution in [0.15, 0.2) is 18.2 Å². The zero-order valence-corrected chi connectivity index (χ0v) is 10.7. The summed E-state index contributed by atoms with van der Waals surface area (Å²) in [5.41, 5.74) is 1.03. The second-order valence-electron chi connectivity index (χ2n) is 3.68. The lowest BCUT2D eigenvalue weighted by atomic mass is 10.1. The predicted octanol–water partition coefficient (Wildman–Crippen LogP) is 1.59. The van der Waals surface area contributed by atoms with Crippen molar-refractivity contribution in [2.45, 2.75) is 13.5 Å². The summed E-state index contributed by atoms with van der Waals surface area (Å²) >= 11 is 0. The number of ketones is 1. The van der Waals surface area contributed by atoms with Crippen LogP contribution in [0.25, 0.3) is 0 Å². The first-order valence-electron chi connectivity index (χ1n) is 5.41. The SMILES string of the molecule is COC(=O)c1cccc(COCC(C)=O)c1OC. The number of carbonyl (C=O) groups excluding carboxylic acids is 2. The van der Waals surface area contributed by atoms with Crippen LogP contribution in [0.4, 0.5) is 0 Å². The molecule has 0 fully saturated rings. The van der Waals surface area contributed by atoms with Crippen molar-refractivity contribution in [1.82, 2.24) is 0 Å². The first-order chi connectivity index (χ1) is 8.60. The van der Waals surface area contributed by atoms with Crippen LogP contribution in [0.1, 0.15) is 22.8 Å². The van der Waals surface area contributed by atoms with E-state index in [0.29, 0.717) is 16.9 Å². The van der Waals surface area contributed by atoms with Crippen molar-refractivity contribution in [3.05, 3.63) is 29.3 Å². The molecule has 0 amide bonds. The summed E-state index contributed by atoms with van der Waals surface area (Å²) in [7, 11) is 2.77. The molecule has 0 radical (unpaired) electrons. The highest BCUT2D eigenvalue weighted by Crippen LogP contribution is 2.25. The number of ether oxygens (including phenoxy) is 3. The van der Waals surface area contributed by atoms with E-state index in [1.165, 1.54) is 21.1 Å². The zero-order chi connectivity index (χ0) is 13.5. The van der Waals surface area contributed by atoms with E-state index in [0.717, 1.165) is 0 Å². The molecule has 0 aliphatic carbocycles.